The van der Waals surface area contributed by atoms with Gasteiger partial charge in [0.25, 0.3) is 6.29 Å². The molecule has 1 aromatic rings. The Labute approximate surface area is 110 Å². The van der Waals surface area contributed by atoms with E-state index in [1.165, 1.54) is 26.2 Å². The molecule has 0 fully saturated rings. The number of rotatable bonds is 3. The van der Waals surface area contributed by atoms with E-state index in [2.05, 4.69) is 6.58 Å². The van der Waals surface area contributed by atoms with Crippen molar-refractivity contribution in [3.8, 4) is 11.5 Å². The lowest BCUT2D eigenvalue weighted by molar-refractivity contribution is -0.0391. The van der Waals surface area contributed by atoms with Gasteiger partial charge in [-0.3, -0.25) is 4.79 Å². The molecule has 0 amide bonds. The van der Waals surface area contributed by atoms with Crippen LogP contribution in [0.25, 0.3) is 0 Å². The van der Waals surface area contributed by atoms with Crippen molar-refractivity contribution in [2.45, 2.75) is 20.1 Å². The van der Waals surface area contributed by atoms with Gasteiger partial charge in [-0.2, -0.15) is 0 Å². The number of carbonyl (C=O) groups is 2. The number of fused-ring (bicyclic) bond motifs is 1. The first-order valence-corrected chi connectivity index (χ1v) is 5.70. The Morgan fingerprint density at radius 1 is 1.32 bits per heavy atom. The van der Waals surface area contributed by atoms with Gasteiger partial charge in [0.2, 0.25) is 0 Å². The molecule has 0 bridgehead atoms. The van der Waals surface area contributed by atoms with Crippen molar-refractivity contribution in [3.05, 3.63) is 35.4 Å². The molecule has 100 valence electrons. The van der Waals surface area contributed by atoms with E-state index in [-0.39, 0.29) is 11.3 Å². The van der Waals surface area contributed by atoms with E-state index in [1.54, 1.807) is 6.92 Å². The highest BCUT2D eigenvalue weighted by molar-refractivity contribution is 6.02. The van der Waals surface area contributed by atoms with Crippen molar-refractivity contribution >= 4 is 11.8 Å². The highest BCUT2D eigenvalue weighted by atomic mass is 16.7. The highest BCUT2D eigenvalue weighted by Crippen LogP contribution is 2.34. The van der Waals surface area contributed by atoms with Gasteiger partial charge < -0.3 is 14.2 Å². The molecule has 0 saturated carbocycles. The maximum absolute atomic E-state index is 11.9. The number of cyclic esters (lactones) is 1. The first-order valence-electron chi connectivity index (χ1n) is 5.70. The molecule has 1 heterocycles. The zero-order chi connectivity index (χ0) is 14.2. The molecule has 5 nitrogen and oxygen atoms in total. The normalized spacial score (nSPS) is 17.0. The van der Waals surface area contributed by atoms with E-state index in [4.69, 9.17) is 14.2 Å². The molecule has 1 unspecified atom stereocenters. The topological polar surface area (TPSA) is 61.8 Å². The Morgan fingerprint density at radius 3 is 2.53 bits per heavy atom. The molecule has 0 radical (unpaired) electrons. The minimum absolute atomic E-state index is 0.200. The zero-order valence-electron chi connectivity index (χ0n) is 11.0. The van der Waals surface area contributed by atoms with E-state index in [0.717, 1.165) is 0 Å². The van der Waals surface area contributed by atoms with Gasteiger partial charge >= 0.3 is 5.97 Å². The zero-order valence-corrected chi connectivity index (χ0v) is 11.0. The number of benzene rings is 1. The molecule has 0 spiro atoms. The highest BCUT2D eigenvalue weighted by Gasteiger charge is 2.30. The van der Waals surface area contributed by atoms with Crippen LogP contribution >= 0.6 is 0 Å². The van der Waals surface area contributed by atoms with Crippen molar-refractivity contribution in [1.82, 2.24) is 0 Å². The Hall–Kier alpha value is -2.30. The standard InChI is InChI=1S/C14H14O5/c1-7(2)14-18-12-6-11(17-4)9(8(3)15)5-10(12)13(16)19-14/h5-6,14H,1H2,2-4H3. The van der Waals surface area contributed by atoms with E-state index < -0.39 is 12.3 Å². The third-order valence-electron chi connectivity index (χ3n) is 2.75. The number of ketones is 1. The first-order chi connectivity index (χ1) is 8.93. The predicted molar refractivity (Wildman–Crippen MR) is 67.6 cm³/mol. The summed E-state index contributed by atoms with van der Waals surface area (Å²) in [5.74, 6) is -0.0543. The van der Waals surface area contributed by atoms with Crippen LogP contribution in [-0.2, 0) is 4.74 Å². The number of hydrogen-bond acceptors (Lipinski definition) is 5. The number of ether oxygens (including phenoxy) is 3. The average molecular weight is 262 g/mol. The molecule has 19 heavy (non-hydrogen) atoms. The largest absolute Gasteiger partial charge is 0.496 e. The van der Waals surface area contributed by atoms with Gasteiger partial charge in [-0.1, -0.05) is 6.58 Å². The molecule has 1 atom stereocenters. The summed E-state index contributed by atoms with van der Waals surface area (Å²) in [5, 5.41) is 0. The smallest absolute Gasteiger partial charge is 0.345 e. The summed E-state index contributed by atoms with van der Waals surface area (Å²) in [5.41, 5.74) is 1.10. The number of Topliss-reactive ketones (excluding diaryl/α,β-unsaturated/α-hetero) is 1. The second-order valence-corrected chi connectivity index (χ2v) is 4.31. The second kappa shape index (κ2) is 4.76. The minimum atomic E-state index is -0.812. The third kappa shape index (κ3) is 2.31. The Bertz CT molecular complexity index is 573. The minimum Gasteiger partial charge on any atom is -0.496 e. The summed E-state index contributed by atoms with van der Waals surface area (Å²) < 4.78 is 15.7. The van der Waals surface area contributed by atoms with Crippen molar-refractivity contribution in [2.75, 3.05) is 7.11 Å². The van der Waals surface area contributed by atoms with Crippen molar-refractivity contribution < 1.29 is 23.8 Å². The Morgan fingerprint density at radius 2 is 2.00 bits per heavy atom. The molecular formula is C14H14O5. The average Bonchev–Trinajstić information content (AvgIpc) is 2.36. The second-order valence-electron chi connectivity index (χ2n) is 4.31. The summed E-state index contributed by atoms with van der Waals surface area (Å²) >= 11 is 0. The van der Waals surface area contributed by atoms with Crippen LogP contribution in [-0.4, -0.2) is 25.2 Å². The lowest BCUT2D eigenvalue weighted by atomic mass is 10.0. The monoisotopic (exact) mass is 262 g/mol. The van der Waals surface area contributed by atoms with E-state index in [0.29, 0.717) is 22.6 Å². The summed E-state index contributed by atoms with van der Waals surface area (Å²) in [6.07, 6.45) is -0.812. The fraction of sp³-hybridized carbons (Fsp3) is 0.286. The summed E-state index contributed by atoms with van der Waals surface area (Å²) in [6.45, 7) is 6.78. The summed E-state index contributed by atoms with van der Waals surface area (Å²) in [6, 6.07) is 2.94. The van der Waals surface area contributed by atoms with Gasteiger partial charge in [0.05, 0.1) is 12.7 Å². The van der Waals surface area contributed by atoms with Crippen molar-refractivity contribution in [2.24, 2.45) is 0 Å². The maximum atomic E-state index is 11.9. The number of carbonyl (C=O) groups excluding carboxylic acids is 2. The molecule has 1 aromatic carbocycles. The molecule has 0 saturated heterocycles. The van der Waals surface area contributed by atoms with Gasteiger partial charge in [0.15, 0.2) is 5.78 Å². The van der Waals surface area contributed by atoms with Crippen LogP contribution in [0.4, 0.5) is 0 Å². The van der Waals surface area contributed by atoms with Crippen LogP contribution in [0, 0.1) is 0 Å². The van der Waals surface area contributed by atoms with Crippen molar-refractivity contribution in [3.63, 3.8) is 0 Å². The van der Waals surface area contributed by atoms with Gasteiger partial charge in [-0.15, -0.1) is 0 Å². The lowest BCUT2D eigenvalue weighted by Crippen LogP contribution is -2.30. The van der Waals surface area contributed by atoms with Crippen LogP contribution in [0.3, 0.4) is 0 Å². The molecular weight excluding hydrogens is 248 g/mol. The van der Waals surface area contributed by atoms with Gasteiger partial charge in [-0.05, 0) is 19.9 Å². The predicted octanol–water partition coefficient (Wildman–Crippen LogP) is 2.35. The Balaban J connectivity index is 2.53. The molecule has 0 N–H and O–H groups in total. The number of methoxy groups -OCH3 is 1. The molecule has 5 heteroatoms. The van der Waals surface area contributed by atoms with Crippen LogP contribution in [0.2, 0.25) is 0 Å². The van der Waals surface area contributed by atoms with E-state index >= 15 is 0 Å². The van der Waals surface area contributed by atoms with Gasteiger partial charge in [-0.25, -0.2) is 4.79 Å². The van der Waals surface area contributed by atoms with Crippen LogP contribution in [0.5, 0.6) is 11.5 Å². The number of hydrogen-bond donors (Lipinski definition) is 0. The molecule has 1 aliphatic rings. The maximum Gasteiger partial charge on any atom is 0.345 e. The lowest BCUT2D eigenvalue weighted by Gasteiger charge is -2.26. The molecule has 0 aromatic heterocycles. The quantitative estimate of drug-likeness (QED) is 0.475. The van der Waals surface area contributed by atoms with Gasteiger partial charge in [0, 0.05) is 11.6 Å². The van der Waals surface area contributed by atoms with E-state index in [1.807, 2.05) is 0 Å². The SMILES string of the molecule is C=C(C)C1OC(=O)c2cc(C(C)=O)c(OC)cc2O1. The van der Waals surface area contributed by atoms with E-state index in [9.17, 15) is 9.59 Å². The van der Waals surface area contributed by atoms with Crippen LogP contribution in [0.15, 0.2) is 24.3 Å². The molecule has 1 aliphatic heterocycles. The third-order valence-corrected chi connectivity index (χ3v) is 2.75. The van der Waals surface area contributed by atoms with Crippen molar-refractivity contribution in [1.29, 1.82) is 0 Å². The van der Waals surface area contributed by atoms with Crippen LogP contribution < -0.4 is 9.47 Å². The number of esters is 1. The summed E-state index contributed by atoms with van der Waals surface area (Å²) in [4.78, 5) is 23.4. The summed E-state index contributed by atoms with van der Waals surface area (Å²) in [7, 11) is 1.45. The fourth-order valence-corrected chi connectivity index (χ4v) is 1.76. The Kier molecular flexibility index (Phi) is 3.29. The first kappa shape index (κ1) is 13.1. The van der Waals surface area contributed by atoms with Gasteiger partial charge in [0.1, 0.15) is 17.1 Å². The molecule has 0 aliphatic carbocycles. The van der Waals surface area contributed by atoms with Crippen LogP contribution in [0.1, 0.15) is 34.6 Å². The molecule has 2 rings (SSSR count). The fourth-order valence-electron chi connectivity index (χ4n) is 1.76.